The van der Waals surface area contributed by atoms with Crippen molar-refractivity contribution in [3.63, 3.8) is 0 Å². The largest absolute Gasteiger partial charge is 0.292 e. The first kappa shape index (κ1) is 18.6. The van der Waals surface area contributed by atoms with Crippen LogP contribution in [0.4, 0.5) is 10.1 Å². The zero-order chi connectivity index (χ0) is 18.8. The Morgan fingerprint density at radius 3 is 2.77 bits per heavy atom. The number of hydrogen-bond donors (Lipinski definition) is 0. The number of aryl methyl sites for hydroxylation is 1. The van der Waals surface area contributed by atoms with Gasteiger partial charge in [0.25, 0.3) is 5.56 Å². The molecule has 2 aromatic heterocycles. The zero-order valence-corrected chi connectivity index (χ0v) is 16.1. The Labute approximate surface area is 162 Å². The molecule has 26 heavy (non-hydrogen) atoms. The van der Waals surface area contributed by atoms with Crippen molar-refractivity contribution in [3.05, 3.63) is 72.5 Å². The van der Waals surface area contributed by atoms with Gasteiger partial charge in [-0.15, -0.1) is 11.3 Å². The van der Waals surface area contributed by atoms with Crippen LogP contribution in [-0.4, -0.2) is 23.0 Å². The molecule has 0 atom stereocenters. The number of halogens is 3. The van der Waals surface area contributed by atoms with Gasteiger partial charge in [0, 0.05) is 11.9 Å². The molecule has 0 spiro atoms. The normalized spacial score (nSPS) is 11.3. The predicted molar refractivity (Wildman–Crippen MR) is 105 cm³/mol. The number of rotatable bonds is 4. The molecule has 134 valence electrons. The van der Waals surface area contributed by atoms with E-state index >= 15 is 0 Å². The average molecular weight is 411 g/mol. The third-order valence-electron chi connectivity index (χ3n) is 3.65. The van der Waals surface area contributed by atoms with E-state index in [-0.39, 0.29) is 10.0 Å². The maximum absolute atomic E-state index is 13.3. The molecule has 0 aliphatic carbocycles. The highest BCUT2D eigenvalue weighted by molar-refractivity contribution is 7.11. The number of hydrogen-bond acceptors (Lipinski definition) is 5. The fraction of sp³-hybridized carbons (Fsp3) is 0.118. The lowest BCUT2D eigenvalue weighted by Crippen LogP contribution is -2.24. The molecule has 0 fully saturated rings. The summed E-state index contributed by atoms with van der Waals surface area (Å²) in [4.78, 5) is 13.5. The van der Waals surface area contributed by atoms with Gasteiger partial charge >= 0.3 is 0 Å². The Kier molecular flexibility index (Phi) is 5.41. The van der Waals surface area contributed by atoms with Gasteiger partial charge in [0.1, 0.15) is 16.5 Å². The molecule has 5 nitrogen and oxygen atoms in total. The van der Waals surface area contributed by atoms with Crippen LogP contribution in [0.2, 0.25) is 10.0 Å². The van der Waals surface area contributed by atoms with Crippen molar-refractivity contribution in [1.82, 2.24) is 9.78 Å². The molecule has 0 radical (unpaired) electrons. The van der Waals surface area contributed by atoms with Crippen molar-refractivity contribution in [2.75, 3.05) is 12.1 Å². The number of hydrazone groups is 1. The number of benzene rings is 1. The fourth-order valence-electron chi connectivity index (χ4n) is 2.17. The number of nitrogens with zero attached hydrogens (tertiary/aromatic N) is 4. The molecule has 0 saturated carbocycles. The highest BCUT2D eigenvalue weighted by atomic mass is 35.5. The summed E-state index contributed by atoms with van der Waals surface area (Å²) in [5.41, 5.74) is 1.22. The van der Waals surface area contributed by atoms with Gasteiger partial charge in [-0.05, 0) is 42.1 Å². The summed E-state index contributed by atoms with van der Waals surface area (Å²) in [5, 5.41) is 11.7. The van der Waals surface area contributed by atoms with Crippen LogP contribution >= 0.6 is 34.5 Å². The fourth-order valence-corrected chi connectivity index (χ4v) is 3.37. The standard InChI is InChI=1S/C17H13Cl2FN4OS/c1-10-5-6-26-15(10)9-21-23(2)14-8-22-24(17(25)16(14)19)11-3-4-13(20)12(18)7-11/h3-9H,1-2H3. The first-order chi connectivity index (χ1) is 12.4. The van der Waals surface area contributed by atoms with E-state index in [9.17, 15) is 9.18 Å². The molecule has 1 aromatic carbocycles. The van der Waals surface area contributed by atoms with Crippen LogP contribution in [0.5, 0.6) is 0 Å². The van der Waals surface area contributed by atoms with Crippen LogP contribution in [0.3, 0.4) is 0 Å². The molecule has 0 aliphatic heterocycles. The Morgan fingerprint density at radius 1 is 1.35 bits per heavy atom. The second-order valence-corrected chi connectivity index (χ2v) is 7.13. The maximum atomic E-state index is 13.3. The minimum Gasteiger partial charge on any atom is -0.266 e. The molecule has 0 bridgehead atoms. The van der Waals surface area contributed by atoms with Gasteiger partial charge in [0.15, 0.2) is 0 Å². The lowest BCUT2D eigenvalue weighted by Gasteiger charge is -2.15. The Hall–Kier alpha value is -2.22. The lowest BCUT2D eigenvalue weighted by molar-refractivity contribution is 0.627. The Morgan fingerprint density at radius 2 is 2.12 bits per heavy atom. The van der Waals surface area contributed by atoms with Crippen LogP contribution in [0.25, 0.3) is 5.69 Å². The summed E-state index contributed by atoms with van der Waals surface area (Å²) in [5.74, 6) is -0.580. The summed E-state index contributed by atoms with van der Waals surface area (Å²) >= 11 is 13.5. The van der Waals surface area contributed by atoms with E-state index < -0.39 is 11.4 Å². The maximum Gasteiger partial charge on any atom is 0.292 e. The van der Waals surface area contributed by atoms with Crippen molar-refractivity contribution in [1.29, 1.82) is 0 Å². The summed E-state index contributed by atoms with van der Waals surface area (Å²) in [6.07, 6.45) is 3.11. The lowest BCUT2D eigenvalue weighted by atomic mass is 10.3. The second-order valence-electron chi connectivity index (χ2n) is 5.40. The monoisotopic (exact) mass is 410 g/mol. The average Bonchev–Trinajstić information content (AvgIpc) is 3.03. The molecule has 2 heterocycles. The summed E-state index contributed by atoms with van der Waals surface area (Å²) in [7, 11) is 1.67. The quantitative estimate of drug-likeness (QED) is 0.469. The van der Waals surface area contributed by atoms with Crippen molar-refractivity contribution < 1.29 is 4.39 Å². The van der Waals surface area contributed by atoms with E-state index in [1.165, 1.54) is 23.3 Å². The van der Waals surface area contributed by atoms with E-state index in [1.807, 2.05) is 18.4 Å². The van der Waals surface area contributed by atoms with Crippen LogP contribution in [0, 0.1) is 12.7 Å². The van der Waals surface area contributed by atoms with E-state index in [2.05, 4.69) is 10.2 Å². The first-order valence-corrected chi connectivity index (χ1v) is 9.07. The molecule has 9 heteroatoms. The van der Waals surface area contributed by atoms with Crippen molar-refractivity contribution >= 4 is 46.4 Å². The highest BCUT2D eigenvalue weighted by Crippen LogP contribution is 2.23. The third-order valence-corrected chi connectivity index (χ3v) is 5.25. The zero-order valence-electron chi connectivity index (χ0n) is 13.8. The van der Waals surface area contributed by atoms with Crippen LogP contribution in [0.15, 0.2) is 45.7 Å². The van der Waals surface area contributed by atoms with Gasteiger partial charge in [-0.2, -0.15) is 14.9 Å². The van der Waals surface area contributed by atoms with Crippen molar-refractivity contribution in [2.45, 2.75) is 6.92 Å². The predicted octanol–water partition coefficient (Wildman–Crippen LogP) is 4.52. The minimum atomic E-state index is -0.580. The number of thiophene rings is 1. The Bertz CT molecular complexity index is 1050. The summed E-state index contributed by atoms with van der Waals surface area (Å²) < 4.78 is 14.4. The molecule has 0 unspecified atom stereocenters. The summed E-state index contributed by atoms with van der Waals surface area (Å²) in [6, 6.07) is 5.86. The van der Waals surface area contributed by atoms with Gasteiger partial charge in [-0.3, -0.25) is 9.80 Å². The topological polar surface area (TPSA) is 50.5 Å². The van der Waals surface area contributed by atoms with Gasteiger partial charge in [-0.25, -0.2) is 4.39 Å². The van der Waals surface area contributed by atoms with Gasteiger partial charge in [0.2, 0.25) is 0 Å². The van der Waals surface area contributed by atoms with E-state index in [4.69, 9.17) is 23.2 Å². The van der Waals surface area contributed by atoms with Crippen LogP contribution in [-0.2, 0) is 0 Å². The van der Waals surface area contributed by atoms with E-state index in [1.54, 1.807) is 24.6 Å². The smallest absolute Gasteiger partial charge is 0.266 e. The van der Waals surface area contributed by atoms with Gasteiger partial charge in [0.05, 0.1) is 23.1 Å². The van der Waals surface area contributed by atoms with Crippen LogP contribution < -0.4 is 10.6 Å². The Balaban J connectivity index is 1.94. The molecule has 0 N–H and O–H groups in total. The highest BCUT2D eigenvalue weighted by Gasteiger charge is 2.14. The van der Waals surface area contributed by atoms with Gasteiger partial charge < -0.3 is 0 Å². The third kappa shape index (κ3) is 3.65. The van der Waals surface area contributed by atoms with Gasteiger partial charge in [-0.1, -0.05) is 23.2 Å². The number of anilines is 1. The van der Waals surface area contributed by atoms with E-state index in [0.29, 0.717) is 11.4 Å². The van der Waals surface area contributed by atoms with Crippen LogP contribution in [0.1, 0.15) is 10.4 Å². The molecule has 0 amide bonds. The molecule has 0 aliphatic rings. The molecule has 3 rings (SSSR count). The second kappa shape index (κ2) is 7.57. The molecular weight excluding hydrogens is 398 g/mol. The minimum absolute atomic E-state index is 0.0528. The molecule has 0 saturated heterocycles. The number of aromatic nitrogens is 2. The SMILES string of the molecule is Cc1ccsc1C=NN(C)c1cnn(-c2ccc(F)c(Cl)c2)c(=O)c1Cl. The van der Waals surface area contributed by atoms with E-state index in [0.717, 1.165) is 21.2 Å². The summed E-state index contributed by atoms with van der Waals surface area (Å²) in [6.45, 7) is 1.99. The molecular formula is C17H13Cl2FN4OS. The first-order valence-electron chi connectivity index (χ1n) is 7.43. The van der Waals surface area contributed by atoms with Crippen molar-refractivity contribution in [2.24, 2.45) is 5.10 Å². The molecule has 3 aromatic rings. The van der Waals surface area contributed by atoms with Crippen molar-refractivity contribution in [3.8, 4) is 5.69 Å².